The predicted molar refractivity (Wildman–Crippen MR) is 99.0 cm³/mol. The maximum atomic E-state index is 13.9. The van der Waals surface area contributed by atoms with E-state index in [9.17, 15) is 28.1 Å². The topological polar surface area (TPSA) is 97.1 Å². The molecular formula is C17H16Cl2F3NO7. The van der Waals surface area contributed by atoms with Crippen LogP contribution in [0.15, 0.2) is 18.2 Å². The van der Waals surface area contributed by atoms with Crippen LogP contribution in [0.2, 0.25) is 10.0 Å². The molecule has 1 aromatic rings. The molecule has 13 heteroatoms. The molecule has 0 bridgehead atoms. The number of alkyl halides is 3. The molecular weight excluding hydrogens is 458 g/mol. The highest BCUT2D eigenvalue weighted by molar-refractivity contribution is 6.36. The summed E-state index contributed by atoms with van der Waals surface area (Å²) in [6, 6.07) is 2.59. The van der Waals surface area contributed by atoms with Crippen LogP contribution in [0.4, 0.5) is 18.0 Å². The van der Waals surface area contributed by atoms with Gasteiger partial charge in [0.05, 0.1) is 11.6 Å². The van der Waals surface area contributed by atoms with Gasteiger partial charge in [0.15, 0.2) is 6.10 Å². The maximum absolute atomic E-state index is 13.9. The van der Waals surface area contributed by atoms with Crippen molar-refractivity contribution < 1.29 is 42.1 Å². The Labute approximate surface area is 178 Å². The van der Waals surface area contributed by atoms with E-state index in [0.717, 1.165) is 13.0 Å². The fourth-order valence-corrected chi connectivity index (χ4v) is 3.15. The first kappa shape index (κ1) is 23.9. The monoisotopic (exact) mass is 473 g/mol. The van der Waals surface area contributed by atoms with Gasteiger partial charge in [0.25, 0.3) is 10.7 Å². The van der Waals surface area contributed by atoms with Crippen molar-refractivity contribution in [2.24, 2.45) is 0 Å². The Kier molecular flexibility index (Phi) is 7.30. The molecule has 0 spiro atoms. The number of carbonyl (C=O) groups is 1. The molecule has 1 aliphatic heterocycles. The van der Waals surface area contributed by atoms with Crippen LogP contribution in [0.25, 0.3) is 6.08 Å². The Morgan fingerprint density at radius 2 is 2.00 bits per heavy atom. The first-order valence-corrected chi connectivity index (χ1v) is 9.20. The van der Waals surface area contributed by atoms with Crippen molar-refractivity contribution in [3.05, 3.63) is 43.9 Å². The van der Waals surface area contributed by atoms with Crippen molar-refractivity contribution >= 4 is 35.4 Å². The van der Waals surface area contributed by atoms with E-state index < -0.39 is 35.2 Å². The summed E-state index contributed by atoms with van der Waals surface area (Å²) in [7, 11) is 0. The fraction of sp³-hybridized carbons (Fsp3) is 0.471. The number of nitrogens with zero attached hydrogens (tertiary/aromatic N) is 1. The average Bonchev–Trinajstić information content (AvgIpc) is 2.59. The molecule has 166 valence electrons. The standard InChI is InChI=1S/C17H16Cl2F3NO7/c1-9(30-23(25)26)4-6-27-15(24)28-10(2)16(17(20,21)22)5-3-11-7-12(18)8-13(19)14(11)29-16/h3,5,7-10H,4,6H2,1-2H3/t9?,10?,16-/m0/s1. The largest absolute Gasteiger partial charge is 0.508 e. The van der Waals surface area contributed by atoms with E-state index in [1.165, 1.54) is 19.1 Å². The summed E-state index contributed by atoms with van der Waals surface area (Å²) < 4.78 is 56.4. The Balaban J connectivity index is 2.11. The molecule has 3 atom stereocenters. The molecule has 0 saturated heterocycles. The van der Waals surface area contributed by atoms with Crippen LogP contribution in [0.1, 0.15) is 25.8 Å². The van der Waals surface area contributed by atoms with Crippen molar-refractivity contribution in [1.82, 2.24) is 0 Å². The smallest absolute Gasteiger partial charge is 0.467 e. The molecule has 8 nitrogen and oxygen atoms in total. The van der Waals surface area contributed by atoms with Gasteiger partial charge in [-0.1, -0.05) is 29.3 Å². The van der Waals surface area contributed by atoms with Crippen molar-refractivity contribution in [3.63, 3.8) is 0 Å². The Morgan fingerprint density at radius 1 is 1.33 bits per heavy atom. The lowest BCUT2D eigenvalue weighted by atomic mass is 9.92. The first-order valence-electron chi connectivity index (χ1n) is 8.44. The average molecular weight is 474 g/mol. The Morgan fingerprint density at radius 3 is 2.60 bits per heavy atom. The van der Waals surface area contributed by atoms with Crippen LogP contribution in [-0.4, -0.2) is 41.8 Å². The molecule has 30 heavy (non-hydrogen) atoms. The lowest BCUT2D eigenvalue weighted by molar-refractivity contribution is -0.767. The van der Waals surface area contributed by atoms with E-state index in [2.05, 4.69) is 9.57 Å². The zero-order valence-corrected chi connectivity index (χ0v) is 17.1. The third kappa shape index (κ3) is 5.39. The van der Waals surface area contributed by atoms with Gasteiger partial charge in [-0.3, -0.25) is 0 Å². The zero-order chi connectivity index (χ0) is 22.7. The highest BCUT2D eigenvalue weighted by atomic mass is 35.5. The van der Waals surface area contributed by atoms with E-state index in [4.69, 9.17) is 32.7 Å². The molecule has 1 aliphatic rings. The molecule has 1 aromatic carbocycles. The summed E-state index contributed by atoms with van der Waals surface area (Å²) in [5, 5.41) is 9.24. The number of fused-ring (bicyclic) bond motifs is 1. The van der Waals surface area contributed by atoms with Crippen LogP contribution >= 0.6 is 23.2 Å². The molecule has 0 aromatic heterocycles. The summed E-state index contributed by atoms with van der Waals surface area (Å²) in [5.41, 5.74) is -2.81. The molecule has 0 radical (unpaired) electrons. The number of rotatable bonds is 7. The highest BCUT2D eigenvalue weighted by Gasteiger charge is 2.62. The molecule has 2 rings (SSSR count). The van der Waals surface area contributed by atoms with E-state index >= 15 is 0 Å². The SMILES string of the molecule is CC(CCOC(=O)OC(C)[C@]1(C(F)(F)F)C=Cc2cc(Cl)cc(Cl)c2O1)O[N+](=O)[O-]. The Bertz CT molecular complexity index is 849. The van der Waals surface area contributed by atoms with Crippen molar-refractivity contribution in [2.75, 3.05) is 6.61 Å². The molecule has 0 amide bonds. The lowest BCUT2D eigenvalue weighted by Crippen LogP contribution is -2.58. The van der Waals surface area contributed by atoms with Gasteiger partial charge in [0.1, 0.15) is 11.9 Å². The normalized spacial score (nSPS) is 19.8. The summed E-state index contributed by atoms with van der Waals surface area (Å²) in [4.78, 5) is 26.2. The van der Waals surface area contributed by atoms with Crippen molar-refractivity contribution in [3.8, 4) is 5.75 Å². The molecule has 0 fully saturated rings. The van der Waals surface area contributed by atoms with Crippen molar-refractivity contribution in [2.45, 2.75) is 44.3 Å². The fourth-order valence-electron chi connectivity index (χ4n) is 2.60. The summed E-state index contributed by atoms with van der Waals surface area (Å²) in [6.45, 7) is 1.96. The van der Waals surface area contributed by atoms with Crippen LogP contribution in [0.3, 0.4) is 0 Å². The van der Waals surface area contributed by atoms with Crippen LogP contribution < -0.4 is 4.74 Å². The highest BCUT2D eigenvalue weighted by Crippen LogP contribution is 2.47. The van der Waals surface area contributed by atoms with E-state index in [1.54, 1.807) is 0 Å². The Hall–Kier alpha value is -2.40. The van der Waals surface area contributed by atoms with Gasteiger partial charge < -0.3 is 19.0 Å². The summed E-state index contributed by atoms with van der Waals surface area (Å²) in [5.74, 6) is -0.268. The minimum atomic E-state index is -4.99. The third-order valence-electron chi connectivity index (χ3n) is 4.15. The molecule has 1 heterocycles. The number of hydrogen-bond donors (Lipinski definition) is 0. The first-order chi connectivity index (χ1) is 13.9. The molecule has 0 saturated carbocycles. The van der Waals surface area contributed by atoms with Crippen LogP contribution in [-0.2, 0) is 14.3 Å². The number of ether oxygens (including phenoxy) is 3. The van der Waals surface area contributed by atoms with Gasteiger partial charge in [-0.05, 0) is 32.1 Å². The van der Waals surface area contributed by atoms with Crippen LogP contribution in [0, 0.1) is 10.1 Å². The number of hydrogen-bond acceptors (Lipinski definition) is 7. The number of halogens is 5. The van der Waals surface area contributed by atoms with Gasteiger partial charge in [0, 0.05) is 17.0 Å². The van der Waals surface area contributed by atoms with Gasteiger partial charge in [-0.15, -0.1) is 10.1 Å². The van der Waals surface area contributed by atoms with Gasteiger partial charge in [-0.2, -0.15) is 13.2 Å². The second-order valence-electron chi connectivity index (χ2n) is 6.32. The number of benzene rings is 1. The minimum Gasteiger partial charge on any atom is -0.467 e. The maximum Gasteiger partial charge on any atom is 0.508 e. The van der Waals surface area contributed by atoms with Gasteiger partial charge >= 0.3 is 12.3 Å². The van der Waals surface area contributed by atoms with E-state index in [-0.39, 0.29) is 34.4 Å². The second-order valence-corrected chi connectivity index (χ2v) is 7.16. The quantitative estimate of drug-likeness (QED) is 0.303. The molecule has 2 unspecified atom stereocenters. The van der Waals surface area contributed by atoms with E-state index in [1.807, 2.05) is 0 Å². The zero-order valence-electron chi connectivity index (χ0n) is 15.6. The number of carbonyl (C=O) groups excluding carboxylic acids is 1. The second kappa shape index (κ2) is 9.17. The van der Waals surface area contributed by atoms with Gasteiger partial charge in [-0.25, -0.2) is 4.79 Å². The predicted octanol–water partition coefficient (Wildman–Crippen LogP) is 5.23. The minimum absolute atomic E-state index is 0.0744. The third-order valence-corrected chi connectivity index (χ3v) is 4.65. The molecule has 0 N–H and O–H groups in total. The van der Waals surface area contributed by atoms with E-state index in [0.29, 0.717) is 6.08 Å². The van der Waals surface area contributed by atoms with Crippen molar-refractivity contribution in [1.29, 1.82) is 0 Å². The summed E-state index contributed by atoms with van der Waals surface area (Å²) >= 11 is 11.8. The van der Waals surface area contributed by atoms with Gasteiger partial charge in [0.2, 0.25) is 0 Å². The van der Waals surface area contributed by atoms with Crippen LogP contribution in [0.5, 0.6) is 5.75 Å². The molecule has 0 aliphatic carbocycles. The lowest BCUT2D eigenvalue weighted by Gasteiger charge is -2.39. The summed E-state index contributed by atoms with van der Waals surface area (Å²) in [6.07, 6.45) is -7.41.